The third-order valence-electron chi connectivity index (χ3n) is 2.60. The molecule has 1 heterocycles. The number of ether oxygens (including phenoxy) is 2. The smallest absolute Gasteiger partial charge is 0.102 e. The van der Waals surface area contributed by atoms with E-state index in [1.807, 2.05) is 0 Å². The summed E-state index contributed by atoms with van der Waals surface area (Å²) in [6, 6.07) is 0. The van der Waals surface area contributed by atoms with Crippen LogP contribution >= 0.6 is 0 Å². The van der Waals surface area contributed by atoms with Gasteiger partial charge < -0.3 is 14.0 Å². The largest absolute Gasteiger partial charge is 0.384 e. The highest BCUT2D eigenvalue weighted by Crippen LogP contribution is 2.08. The molecule has 3 nitrogen and oxygen atoms in total. The van der Waals surface area contributed by atoms with Gasteiger partial charge in [-0.3, -0.25) is 0 Å². The lowest BCUT2D eigenvalue weighted by atomic mass is 10.3. The number of rotatable bonds is 4. The molecule has 12 heavy (non-hydrogen) atoms. The monoisotopic (exact) mass is 174 g/mol. The maximum absolute atomic E-state index is 5.32. The summed E-state index contributed by atoms with van der Waals surface area (Å²) >= 11 is 0. The molecule has 0 aliphatic carbocycles. The zero-order valence-electron chi connectivity index (χ0n) is 8.21. The predicted octanol–water partition coefficient (Wildman–Crippen LogP) is 0.500. The first-order chi connectivity index (χ1) is 5.77. The molecule has 1 aliphatic heterocycles. The van der Waals surface area contributed by atoms with Crippen molar-refractivity contribution in [3.05, 3.63) is 0 Å². The summed E-state index contributed by atoms with van der Waals surface area (Å²) < 4.78 is 11.5. The fraction of sp³-hybridized carbons (Fsp3) is 1.00. The van der Waals surface area contributed by atoms with Gasteiger partial charge in [0.1, 0.15) is 13.1 Å². The molecular weight excluding hydrogens is 154 g/mol. The second kappa shape index (κ2) is 4.80. The van der Waals surface area contributed by atoms with E-state index >= 15 is 0 Å². The molecule has 0 saturated carbocycles. The van der Waals surface area contributed by atoms with Crippen LogP contribution in [-0.2, 0) is 9.47 Å². The van der Waals surface area contributed by atoms with Gasteiger partial charge in [-0.1, -0.05) is 0 Å². The second-order valence-electron chi connectivity index (χ2n) is 3.75. The third kappa shape index (κ3) is 3.09. The average molecular weight is 174 g/mol. The molecule has 0 radical (unpaired) electrons. The number of hydrogen-bond donors (Lipinski definition) is 0. The second-order valence-corrected chi connectivity index (χ2v) is 3.75. The zero-order chi connectivity index (χ0) is 8.86. The Hall–Kier alpha value is -0.120. The highest BCUT2D eigenvalue weighted by atomic mass is 16.5. The Morgan fingerprint density at radius 1 is 1.33 bits per heavy atom. The van der Waals surface area contributed by atoms with Crippen molar-refractivity contribution in [2.75, 3.05) is 53.6 Å². The number of morpholine rings is 1. The lowest BCUT2D eigenvalue weighted by Gasteiger charge is -2.37. The minimum atomic E-state index is 0.884. The first kappa shape index (κ1) is 9.96. The van der Waals surface area contributed by atoms with Crippen LogP contribution in [0.25, 0.3) is 0 Å². The molecule has 1 fully saturated rings. The van der Waals surface area contributed by atoms with E-state index in [1.54, 1.807) is 7.11 Å². The van der Waals surface area contributed by atoms with Crippen LogP contribution < -0.4 is 0 Å². The Morgan fingerprint density at radius 2 is 2.00 bits per heavy atom. The molecule has 1 aliphatic rings. The molecule has 0 aromatic rings. The lowest BCUT2D eigenvalue weighted by molar-refractivity contribution is -0.917. The van der Waals surface area contributed by atoms with E-state index < -0.39 is 0 Å². The quantitative estimate of drug-likeness (QED) is 0.456. The summed E-state index contributed by atoms with van der Waals surface area (Å²) in [6.07, 6.45) is 1.16. The van der Waals surface area contributed by atoms with Crippen LogP contribution in [0.2, 0.25) is 0 Å². The highest BCUT2D eigenvalue weighted by Gasteiger charge is 2.23. The van der Waals surface area contributed by atoms with E-state index in [4.69, 9.17) is 9.47 Å². The highest BCUT2D eigenvalue weighted by molar-refractivity contribution is 4.47. The molecule has 0 unspecified atom stereocenters. The van der Waals surface area contributed by atoms with Crippen molar-refractivity contribution in [1.29, 1.82) is 0 Å². The van der Waals surface area contributed by atoms with Crippen LogP contribution in [0.4, 0.5) is 0 Å². The van der Waals surface area contributed by atoms with Gasteiger partial charge in [-0.25, -0.2) is 0 Å². The molecule has 0 aromatic heterocycles. The molecule has 0 amide bonds. The Balaban J connectivity index is 2.17. The van der Waals surface area contributed by atoms with E-state index in [-0.39, 0.29) is 0 Å². The van der Waals surface area contributed by atoms with Gasteiger partial charge in [-0.15, -0.1) is 0 Å². The SMILES string of the molecule is COCCC[N+]1(C)CCOCC1. The first-order valence-electron chi connectivity index (χ1n) is 4.67. The van der Waals surface area contributed by atoms with E-state index in [2.05, 4.69) is 7.05 Å². The normalized spacial score (nSPS) is 22.5. The fourth-order valence-corrected chi connectivity index (χ4v) is 1.60. The number of likely N-dealkylation sites (N-methyl/N-ethyl adjacent to an activating group) is 1. The van der Waals surface area contributed by atoms with Crippen molar-refractivity contribution >= 4 is 0 Å². The molecule has 0 aromatic carbocycles. The molecule has 0 N–H and O–H groups in total. The van der Waals surface area contributed by atoms with Crippen LogP contribution in [-0.4, -0.2) is 58.1 Å². The zero-order valence-corrected chi connectivity index (χ0v) is 8.21. The Morgan fingerprint density at radius 3 is 2.58 bits per heavy atom. The van der Waals surface area contributed by atoms with Crippen molar-refractivity contribution in [2.45, 2.75) is 6.42 Å². The minimum absolute atomic E-state index is 0.884. The molecule has 1 saturated heterocycles. The number of methoxy groups -OCH3 is 1. The Kier molecular flexibility index (Phi) is 3.98. The van der Waals surface area contributed by atoms with E-state index in [0.29, 0.717) is 0 Å². The molecule has 72 valence electrons. The summed E-state index contributed by atoms with van der Waals surface area (Å²) in [7, 11) is 4.07. The summed E-state index contributed by atoms with van der Waals surface area (Å²) in [4.78, 5) is 0. The molecule has 0 atom stereocenters. The van der Waals surface area contributed by atoms with E-state index in [1.165, 1.54) is 6.54 Å². The van der Waals surface area contributed by atoms with Crippen LogP contribution in [0.15, 0.2) is 0 Å². The van der Waals surface area contributed by atoms with E-state index in [9.17, 15) is 0 Å². The maximum atomic E-state index is 5.32. The summed E-state index contributed by atoms with van der Waals surface area (Å²) in [6.45, 7) is 6.26. The van der Waals surface area contributed by atoms with Crippen LogP contribution in [0.3, 0.4) is 0 Å². The van der Waals surface area contributed by atoms with Crippen LogP contribution in [0.5, 0.6) is 0 Å². The van der Waals surface area contributed by atoms with E-state index in [0.717, 1.165) is 43.8 Å². The number of nitrogens with zero attached hydrogens (tertiary/aromatic N) is 1. The van der Waals surface area contributed by atoms with Crippen LogP contribution in [0.1, 0.15) is 6.42 Å². The predicted molar refractivity (Wildman–Crippen MR) is 48.1 cm³/mol. The van der Waals surface area contributed by atoms with Gasteiger partial charge in [0.2, 0.25) is 0 Å². The fourth-order valence-electron chi connectivity index (χ4n) is 1.60. The van der Waals surface area contributed by atoms with Crippen molar-refractivity contribution in [1.82, 2.24) is 0 Å². The summed E-state index contributed by atoms with van der Waals surface area (Å²) in [5.41, 5.74) is 0. The van der Waals surface area contributed by atoms with Gasteiger partial charge in [-0.2, -0.15) is 0 Å². The molecule has 0 spiro atoms. The van der Waals surface area contributed by atoms with Crippen molar-refractivity contribution in [3.63, 3.8) is 0 Å². The van der Waals surface area contributed by atoms with Crippen molar-refractivity contribution < 1.29 is 14.0 Å². The molecule has 1 rings (SSSR count). The van der Waals surface area contributed by atoms with Crippen LogP contribution in [0, 0.1) is 0 Å². The average Bonchev–Trinajstić information content (AvgIpc) is 2.06. The maximum Gasteiger partial charge on any atom is 0.102 e. The van der Waals surface area contributed by atoms with Gasteiger partial charge in [-0.05, 0) is 0 Å². The molecular formula is C9H20NO2+. The van der Waals surface area contributed by atoms with Crippen molar-refractivity contribution in [2.24, 2.45) is 0 Å². The molecule has 0 bridgehead atoms. The third-order valence-corrected chi connectivity index (χ3v) is 2.60. The van der Waals surface area contributed by atoms with Gasteiger partial charge in [0.25, 0.3) is 0 Å². The standard InChI is InChI=1S/C9H20NO2/c1-10(4-3-7-11-2)5-8-12-9-6-10/h3-9H2,1-2H3/q+1. The number of hydrogen-bond acceptors (Lipinski definition) is 2. The molecule has 3 heteroatoms. The van der Waals surface area contributed by atoms with Gasteiger partial charge >= 0.3 is 0 Å². The topological polar surface area (TPSA) is 18.5 Å². The van der Waals surface area contributed by atoms with Gasteiger partial charge in [0.05, 0.1) is 33.4 Å². The van der Waals surface area contributed by atoms with Gasteiger partial charge in [0.15, 0.2) is 0 Å². The minimum Gasteiger partial charge on any atom is -0.384 e. The Bertz CT molecular complexity index is 122. The number of quaternary nitrogens is 1. The summed E-state index contributed by atoms with van der Waals surface area (Å²) in [5, 5.41) is 0. The van der Waals surface area contributed by atoms with Gasteiger partial charge in [0, 0.05) is 13.5 Å². The lowest BCUT2D eigenvalue weighted by Crippen LogP contribution is -2.52. The summed E-state index contributed by atoms with van der Waals surface area (Å²) in [5.74, 6) is 0. The first-order valence-corrected chi connectivity index (χ1v) is 4.67. The Labute approximate surface area is 74.8 Å². The van der Waals surface area contributed by atoms with Crippen molar-refractivity contribution in [3.8, 4) is 0 Å².